The Hall–Kier alpha value is -0.980. The summed E-state index contributed by atoms with van der Waals surface area (Å²) < 4.78 is 0. The van der Waals surface area contributed by atoms with Gasteiger partial charge in [0, 0.05) is 26.2 Å². The molecule has 1 aliphatic carbocycles. The van der Waals surface area contributed by atoms with Crippen LogP contribution in [0, 0.1) is 6.08 Å². The standard InChI is InChI=1S/C12H11Si.C5H5.Zr/c1-3-7-11(8-4-1)13-12-9-5-2-6-10-12;1-2-4-5-3-1;/h1-10,13H;1-3H,4H2;/q;-1;. The van der Waals surface area contributed by atoms with Crippen LogP contribution in [0.5, 0.6) is 0 Å². The Balaban J connectivity index is 0.000000256. The molecule has 0 N–H and O–H groups in total. The Kier molecular flexibility index (Phi) is 8.36. The predicted molar refractivity (Wildman–Crippen MR) is 80.9 cm³/mol. The molecule has 0 fully saturated rings. The molecule has 93 valence electrons. The fourth-order valence-corrected chi connectivity index (χ4v) is 2.85. The Morgan fingerprint density at radius 1 is 0.789 bits per heavy atom. The summed E-state index contributed by atoms with van der Waals surface area (Å²) in [7, 11) is 0.271. The minimum Gasteiger partial charge on any atom is -0.273 e. The number of hydrogen-bond donors (Lipinski definition) is 0. The van der Waals surface area contributed by atoms with Crippen LogP contribution in [0.2, 0.25) is 0 Å². The summed E-state index contributed by atoms with van der Waals surface area (Å²) in [6.45, 7) is 0. The van der Waals surface area contributed by atoms with Crippen molar-refractivity contribution >= 4 is 19.9 Å². The van der Waals surface area contributed by atoms with Crippen molar-refractivity contribution < 1.29 is 26.2 Å². The van der Waals surface area contributed by atoms with Crippen LogP contribution in [0.15, 0.2) is 78.9 Å². The summed E-state index contributed by atoms with van der Waals surface area (Å²) in [5, 5.41) is 2.90. The Morgan fingerprint density at radius 3 is 1.63 bits per heavy atom. The molecule has 0 unspecified atom stereocenters. The van der Waals surface area contributed by atoms with E-state index in [9.17, 15) is 0 Å². The molecule has 0 saturated carbocycles. The molecule has 19 heavy (non-hydrogen) atoms. The van der Waals surface area contributed by atoms with Crippen LogP contribution in [0.3, 0.4) is 0 Å². The van der Waals surface area contributed by atoms with E-state index in [1.165, 1.54) is 10.4 Å². The van der Waals surface area contributed by atoms with E-state index in [-0.39, 0.29) is 35.7 Å². The number of hydrogen-bond acceptors (Lipinski definition) is 0. The third-order valence-corrected chi connectivity index (χ3v) is 3.95. The molecule has 1 radical (unpaired) electrons. The van der Waals surface area contributed by atoms with Crippen LogP contribution in [-0.2, 0) is 26.2 Å². The summed E-state index contributed by atoms with van der Waals surface area (Å²) in [5.74, 6) is 0. The largest absolute Gasteiger partial charge is 0.273 e. The van der Waals surface area contributed by atoms with Gasteiger partial charge in [0.2, 0.25) is 0 Å². The Morgan fingerprint density at radius 2 is 1.32 bits per heavy atom. The van der Waals surface area contributed by atoms with Gasteiger partial charge in [-0.05, 0) is 0 Å². The Labute approximate surface area is 137 Å². The van der Waals surface area contributed by atoms with Gasteiger partial charge in [0.25, 0.3) is 0 Å². The minimum absolute atomic E-state index is 0. The fourth-order valence-electron chi connectivity index (χ4n) is 1.63. The molecule has 0 nitrogen and oxygen atoms in total. The molecule has 0 spiro atoms. The van der Waals surface area contributed by atoms with Crippen molar-refractivity contribution in [3.63, 3.8) is 0 Å². The maximum atomic E-state index is 2.99. The average molecular weight is 340 g/mol. The van der Waals surface area contributed by atoms with E-state index in [0.717, 1.165) is 6.42 Å². The van der Waals surface area contributed by atoms with Crippen LogP contribution in [0.4, 0.5) is 0 Å². The number of allylic oxidation sites excluding steroid dienone is 4. The summed E-state index contributed by atoms with van der Waals surface area (Å²) in [6.07, 6.45) is 10.0. The molecule has 3 rings (SSSR count). The monoisotopic (exact) mass is 338 g/mol. The maximum Gasteiger partial charge on any atom is 0.103 e. The molecule has 0 aromatic heterocycles. The summed E-state index contributed by atoms with van der Waals surface area (Å²) in [5.41, 5.74) is 0. The summed E-state index contributed by atoms with van der Waals surface area (Å²) in [6, 6.07) is 21.3. The van der Waals surface area contributed by atoms with Crippen molar-refractivity contribution in [2.45, 2.75) is 6.42 Å². The van der Waals surface area contributed by atoms with Gasteiger partial charge in [-0.3, -0.25) is 6.08 Å². The van der Waals surface area contributed by atoms with Crippen LogP contribution in [0.1, 0.15) is 6.42 Å². The second kappa shape index (κ2) is 9.89. The molecule has 1 aliphatic rings. The smallest absolute Gasteiger partial charge is 0.103 e. The molecule has 0 amide bonds. The third-order valence-electron chi connectivity index (χ3n) is 2.52. The SMILES string of the molecule is [C-]1=CC=CC1.[Zr].c1ccc([SiH]c2ccccc2)cc1. The summed E-state index contributed by atoms with van der Waals surface area (Å²) in [4.78, 5) is 0. The normalized spacial score (nSPS) is 11.4. The van der Waals surface area contributed by atoms with Crippen molar-refractivity contribution in [3.8, 4) is 0 Å². The van der Waals surface area contributed by atoms with Gasteiger partial charge < -0.3 is 0 Å². The zero-order valence-corrected chi connectivity index (χ0v) is 14.4. The first-order chi connectivity index (χ1) is 8.95. The zero-order valence-electron chi connectivity index (χ0n) is 10.8. The second-order valence-electron chi connectivity index (χ2n) is 3.97. The van der Waals surface area contributed by atoms with Gasteiger partial charge in [-0.15, -0.1) is 6.42 Å². The van der Waals surface area contributed by atoms with Gasteiger partial charge in [0.05, 0.1) is 0 Å². The zero-order chi connectivity index (χ0) is 12.5. The second-order valence-corrected chi connectivity index (χ2v) is 5.59. The van der Waals surface area contributed by atoms with Gasteiger partial charge in [-0.25, -0.2) is 12.2 Å². The first kappa shape index (κ1) is 16.1. The number of rotatable bonds is 2. The minimum atomic E-state index is 0. The van der Waals surface area contributed by atoms with Crippen LogP contribution in [0.25, 0.3) is 0 Å². The van der Waals surface area contributed by atoms with E-state index >= 15 is 0 Å². The van der Waals surface area contributed by atoms with Gasteiger partial charge in [0.1, 0.15) is 9.52 Å². The van der Waals surface area contributed by atoms with E-state index in [4.69, 9.17) is 0 Å². The molecule has 0 heterocycles. The summed E-state index contributed by atoms with van der Waals surface area (Å²) >= 11 is 0. The quantitative estimate of drug-likeness (QED) is 0.582. The Bertz CT molecular complexity index is 456. The van der Waals surface area contributed by atoms with Crippen molar-refractivity contribution in [2.75, 3.05) is 0 Å². The molecule has 0 atom stereocenters. The third kappa shape index (κ3) is 6.66. The van der Waals surface area contributed by atoms with Gasteiger partial charge in [0.15, 0.2) is 0 Å². The van der Waals surface area contributed by atoms with Crippen LogP contribution in [-0.4, -0.2) is 9.52 Å². The molecule has 2 heteroatoms. The topological polar surface area (TPSA) is 0 Å². The maximum absolute atomic E-state index is 2.99. The van der Waals surface area contributed by atoms with Gasteiger partial charge >= 0.3 is 0 Å². The van der Waals surface area contributed by atoms with Gasteiger partial charge in [-0.2, -0.15) is 6.08 Å². The molecule has 0 saturated heterocycles. The first-order valence-electron chi connectivity index (χ1n) is 6.12. The van der Waals surface area contributed by atoms with E-state index in [0.29, 0.717) is 0 Å². The van der Waals surface area contributed by atoms with Crippen molar-refractivity contribution in [1.29, 1.82) is 0 Å². The molecular weight excluding hydrogens is 323 g/mol. The molecule has 2 aromatic carbocycles. The van der Waals surface area contributed by atoms with Crippen molar-refractivity contribution in [2.24, 2.45) is 0 Å². The van der Waals surface area contributed by atoms with E-state index in [1.54, 1.807) is 0 Å². The number of benzene rings is 2. The van der Waals surface area contributed by atoms with Crippen molar-refractivity contribution in [1.82, 2.24) is 0 Å². The average Bonchev–Trinajstić information content (AvgIpc) is 3.00. The van der Waals surface area contributed by atoms with Crippen LogP contribution < -0.4 is 10.4 Å². The van der Waals surface area contributed by atoms with Gasteiger partial charge in [-0.1, -0.05) is 71.0 Å². The first-order valence-corrected chi connectivity index (χ1v) is 7.27. The molecule has 0 aliphatic heterocycles. The molecular formula is C17H16SiZr-. The fraction of sp³-hybridized carbons (Fsp3) is 0.0588. The van der Waals surface area contributed by atoms with Crippen molar-refractivity contribution in [3.05, 3.63) is 85.0 Å². The van der Waals surface area contributed by atoms with E-state index < -0.39 is 0 Å². The predicted octanol–water partition coefficient (Wildman–Crippen LogP) is 2.38. The van der Waals surface area contributed by atoms with Crippen LogP contribution >= 0.6 is 0 Å². The molecule has 0 bridgehead atoms. The molecule has 2 aromatic rings. The van der Waals surface area contributed by atoms with E-state index in [2.05, 4.69) is 72.8 Å². The van der Waals surface area contributed by atoms with E-state index in [1.807, 2.05) is 12.2 Å².